The number of hydrogen-bond donors (Lipinski definition) is 1. The fraction of sp³-hybridized carbons (Fsp3) is 0.214. The number of benzene rings is 1. The van der Waals surface area contributed by atoms with E-state index < -0.39 is 22.5 Å². The molecule has 0 aliphatic rings. The first-order valence-corrected chi connectivity index (χ1v) is 9.10. The van der Waals surface area contributed by atoms with E-state index in [0.717, 1.165) is 10.6 Å². The van der Waals surface area contributed by atoms with Crippen LogP contribution in [0.25, 0.3) is 0 Å². The minimum absolute atomic E-state index is 0.0754. The van der Waals surface area contributed by atoms with E-state index in [4.69, 9.17) is 27.6 Å². The summed E-state index contributed by atoms with van der Waals surface area (Å²) in [6, 6.07) is 7.97. The van der Waals surface area contributed by atoms with Gasteiger partial charge in [-0.1, -0.05) is 29.3 Å². The number of amides is 1. The Hall–Kier alpha value is -1.70. The van der Waals surface area contributed by atoms with E-state index in [-0.39, 0.29) is 22.3 Å². The summed E-state index contributed by atoms with van der Waals surface area (Å²) in [7, 11) is -3.75. The third-order valence-corrected chi connectivity index (χ3v) is 4.64. The van der Waals surface area contributed by atoms with Gasteiger partial charge in [-0.05, 0) is 24.3 Å². The first-order valence-electron chi connectivity index (χ1n) is 6.50. The molecule has 6 nitrogen and oxygen atoms in total. The lowest BCUT2D eigenvalue weighted by molar-refractivity contribution is -0.119. The van der Waals surface area contributed by atoms with Crippen LogP contribution in [0.4, 0.5) is 5.69 Å². The van der Waals surface area contributed by atoms with Crippen LogP contribution < -0.4 is 9.62 Å². The van der Waals surface area contributed by atoms with Crippen molar-refractivity contribution in [2.45, 2.75) is 6.54 Å². The van der Waals surface area contributed by atoms with Gasteiger partial charge in [0.25, 0.3) is 0 Å². The summed E-state index contributed by atoms with van der Waals surface area (Å²) in [6.07, 6.45) is 2.46. The highest BCUT2D eigenvalue weighted by Crippen LogP contribution is 2.34. The van der Waals surface area contributed by atoms with Crippen LogP contribution in [0.1, 0.15) is 5.76 Å². The maximum atomic E-state index is 12.0. The predicted octanol–water partition coefficient (Wildman–Crippen LogP) is 2.67. The molecule has 0 radical (unpaired) electrons. The number of halogens is 2. The van der Waals surface area contributed by atoms with E-state index in [2.05, 4.69) is 5.32 Å². The summed E-state index contributed by atoms with van der Waals surface area (Å²) in [5, 5.41) is 2.85. The number of furan rings is 1. The quantitative estimate of drug-likeness (QED) is 0.840. The van der Waals surface area contributed by atoms with Crippen LogP contribution in [0.5, 0.6) is 0 Å². The van der Waals surface area contributed by atoms with Crippen LogP contribution >= 0.6 is 23.2 Å². The topological polar surface area (TPSA) is 79.6 Å². The molecule has 0 atom stereocenters. The molecule has 124 valence electrons. The first kappa shape index (κ1) is 17.7. The molecule has 0 saturated heterocycles. The molecule has 0 unspecified atom stereocenters. The van der Waals surface area contributed by atoms with Gasteiger partial charge >= 0.3 is 0 Å². The van der Waals surface area contributed by atoms with Crippen molar-refractivity contribution in [1.82, 2.24) is 5.32 Å². The maximum Gasteiger partial charge on any atom is 0.241 e. The number of nitrogens with zero attached hydrogens (tertiary/aromatic N) is 1. The average Bonchev–Trinajstić information content (AvgIpc) is 2.96. The van der Waals surface area contributed by atoms with Gasteiger partial charge in [0, 0.05) is 0 Å². The summed E-state index contributed by atoms with van der Waals surface area (Å²) in [5.74, 6) is 0.0443. The van der Waals surface area contributed by atoms with Gasteiger partial charge in [-0.15, -0.1) is 0 Å². The minimum Gasteiger partial charge on any atom is -0.467 e. The third-order valence-electron chi connectivity index (χ3n) is 2.91. The van der Waals surface area contributed by atoms with Crippen LogP contribution in [0, 0.1) is 0 Å². The highest BCUT2D eigenvalue weighted by molar-refractivity contribution is 7.92. The molecule has 2 rings (SSSR count). The van der Waals surface area contributed by atoms with Gasteiger partial charge in [-0.25, -0.2) is 8.42 Å². The van der Waals surface area contributed by atoms with E-state index in [1.807, 2.05) is 0 Å². The monoisotopic (exact) mass is 376 g/mol. The number of carbonyl (C=O) groups is 1. The van der Waals surface area contributed by atoms with Gasteiger partial charge < -0.3 is 9.73 Å². The van der Waals surface area contributed by atoms with Crippen molar-refractivity contribution in [2.24, 2.45) is 0 Å². The van der Waals surface area contributed by atoms with E-state index in [0.29, 0.717) is 5.76 Å². The molecular formula is C14H14Cl2N2O4S. The summed E-state index contributed by atoms with van der Waals surface area (Å²) in [4.78, 5) is 12.0. The average molecular weight is 377 g/mol. The molecule has 0 spiro atoms. The van der Waals surface area contributed by atoms with E-state index >= 15 is 0 Å². The van der Waals surface area contributed by atoms with E-state index in [1.54, 1.807) is 18.2 Å². The van der Waals surface area contributed by atoms with Crippen LogP contribution in [0.2, 0.25) is 10.0 Å². The van der Waals surface area contributed by atoms with Gasteiger partial charge in [0.15, 0.2) is 0 Å². The van der Waals surface area contributed by atoms with Crippen molar-refractivity contribution in [3.05, 3.63) is 52.4 Å². The Morgan fingerprint density at radius 2 is 1.87 bits per heavy atom. The van der Waals surface area contributed by atoms with Crippen molar-refractivity contribution >= 4 is 44.8 Å². The van der Waals surface area contributed by atoms with Crippen molar-refractivity contribution in [3.8, 4) is 0 Å². The van der Waals surface area contributed by atoms with Gasteiger partial charge in [-0.2, -0.15) is 0 Å². The minimum atomic E-state index is -3.75. The molecule has 0 aliphatic carbocycles. The summed E-state index contributed by atoms with van der Waals surface area (Å²) in [5.41, 5.74) is 0.0754. The normalized spacial score (nSPS) is 11.3. The van der Waals surface area contributed by atoms with Crippen molar-refractivity contribution in [3.63, 3.8) is 0 Å². The fourth-order valence-corrected chi connectivity index (χ4v) is 3.46. The van der Waals surface area contributed by atoms with E-state index in [9.17, 15) is 13.2 Å². The van der Waals surface area contributed by atoms with Crippen molar-refractivity contribution < 1.29 is 17.6 Å². The molecule has 1 N–H and O–H groups in total. The zero-order valence-electron chi connectivity index (χ0n) is 12.1. The molecular weight excluding hydrogens is 363 g/mol. The highest BCUT2D eigenvalue weighted by Gasteiger charge is 2.25. The second kappa shape index (κ2) is 7.25. The molecule has 0 aliphatic heterocycles. The lowest BCUT2D eigenvalue weighted by Crippen LogP contribution is -2.40. The molecule has 1 aromatic heterocycles. The van der Waals surface area contributed by atoms with E-state index in [1.165, 1.54) is 18.4 Å². The molecule has 2 aromatic rings. The SMILES string of the molecule is CS(=O)(=O)N(CC(=O)NCc1ccco1)c1c(Cl)cccc1Cl. The molecule has 1 heterocycles. The van der Waals surface area contributed by atoms with Crippen molar-refractivity contribution in [2.75, 3.05) is 17.1 Å². The Balaban J connectivity index is 2.18. The lowest BCUT2D eigenvalue weighted by Gasteiger charge is -2.23. The van der Waals surface area contributed by atoms with Crippen LogP contribution in [0.3, 0.4) is 0 Å². The standard InChI is InChI=1S/C14H14Cl2N2O4S/c1-23(20,21)18(14-11(15)5-2-6-12(14)16)9-13(19)17-8-10-4-3-7-22-10/h2-7H,8-9H2,1H3,(H,17,19). The van der Waals surface area contributed by atoms with Crippen LogP contribution in [-0.2, 0) is 21.4 Å². The van der Waals surface area contributed by atoms with Gasteiger partial charge in [-0.3, -0.25) is 9.10 Å². The molecule has 0 bridgehead atoms. The number of rotatable bonds is 6. The summed E-state index contributed by atoms with van der Waals surface area (Å²) >= 11 is 12.1. The molecule has 1 amide bonds. The van der Waals surface area contributed by atoms with Gasteiger partial charge in [0.05, 0.1) is 34.8 Å². The van der Waals surface area contributed by atoms with Gasteiger partial charge in [0.2, 0.25) is 15.9 Å². The molecule has 23 heavy (non-hydrogen) atoms. The summed E-state index contributed by atoms with van der Waals surface area (Å²) in [6.45, 7) is -0.289. The Labute approximate surface area is 144 Å². The number of anilines is 1. The predicted molar refractivity (Wildman–Crippen MR) is 89.2 cm³/mol. The molecule has 1 aromatic carbocycles. The lowest BCUT2D eigenvalue weighted by atomic mass is 10.3. The fourth-order valence-electron chi connectivity index (χ4n) is 1.87. The zero-order chi connectivity index (χ0) is 17.0. The zero-order valence-corrected chi connectivity index (χ0v) is 14.5. The Bertz CT molecular complexity index is 771. The number of hydrogen-bond acceptors (Lipinski definition) is 4. The van der Waals surface area contributed by atoms with Crippen molar-refractivity contribution in [1.29, 1.82) is 0 Å². The second-order valence-corrected chi connectivity index (χ2v) is 7.42. The first-order chi connectivity index (χ1) is 10.8. The molecule has 0 fully saturated rings. The Morgan fingerprint density at radius 1 is 1.22 bits per heavy atom. The third kappa shape index (κ3) is 4.63. The Morgan fingerprint density at radius 3 is 2.39 bits per heavy atom. The Kier molecular flexibility index (Phi) is 5.56. The largest absolute Gasteiger partial charge is 0.467 e. The van der Waals surface area contributed by atoms with Crippen LogP contribution in [-0.4, -0.2) is 27.1 Å². The van der Waals surface area contributed by atoms with Crippen LogP contribution in [0.15, 0.2) is 41.0 Å². The smallest absolute Gasteiger partial charge is 0.241 e. The number of carbonyl (C=O) groups excluding carboxylic acids is 1. The molecule has 0 saturated carbocycles. The summed E-state index contributed by atoms with van der Waals surface area (Å²) < 4.78 is 30.0. The molecule has 9 heteroatoms. The second-order valence-electron chi connectivity index (χ2n) is 4.70. The number of sulfonamides is 1. The number of para-hydroxylation sites is 1. The highest BCUT2D eigenvalue weighted by atomic mass is 35.5. The number of nitrogens with one attached hydrogen (secondary N) is 1. The van der Waals surface area contributed by atoms with Gasteiger partial charge in [0.1, 0.15) is 12.3 Å². The maximum absolute atomic E-state index is 12.0.